The van der Waals surface area contributed by atoms with Crippen molar-refractivity contribution < 1.29 is 9.53 Å². The topological polar surface area (TPSA) is 67.0 Å². The molecule has 1 amide bonds. The van der Waals surface area contributed by atoms with Crippen LogP contribution in [0, 0.1) is 0 Å². The third kappa shape index (κ3) is 1.94. The number of aromatic amines is 1. The second-order valence-corrected chi connectivity index (χ2v) is 4.88. The summed E-state index contributed by atoms with van der Waals surface area (Å²) in [6.07, 6.45) is 3.37. The van der Waals surface area contributed by atoms with Crippen LogP contribution in [0.3, 0.4) is 0 Å². The number of amides is 1. The molecule has 1 aliphatic rings. The zero-order chi connectivity index (χ0) is 11.8. The average Bonchev–Trinajstić information content (AvgIpc) is 2.66. The van der Waals surface area contributed by atoms with E-state index in [-0.39, 0.29) is 11.9 Å². The smallest absolute Gasteiger partial charge is 0.253 e. The minimum absolute atomic E-state index is 0.0931. The number of rotatable bonds is 2. The fraction of sp³-hybridized carbons (Fsp3) is 0.273. The molecule has 6 heteroatoms. The van der Waals surface area contributed by atoms with Crippen LogP contribution >= 0.6 is 15.9 Å². The number of H-pyrrole nitrogens is 1. The van der Waals surface area contributed by atoms with Crippen LogP contribution in [0.15, 0.2) is 22.9 Å². The predicted molar refractivity (Wildman–Crippen MR) is 65.9 cm³/mol. The van der Waals surface area contributed by atoms with E-state index in [1.165, 1.54) is 0 Å². The minimum Gasteiger partial charge on any atom is -0.377 e. The molecule has 3 rings (SSSR count). The molecule has 88 valence electrons. The SMILES string of the molecule is O=C(NC1COC1)c1c[nH]c2ncc(Br)cc12. The highest BCUT2D eigenvalue weighted by Crippen LogP contribution is 2.20. The van der Waals surface area contributed by atoms with E-state index >= 15 is 0 Å². The van der Waals surface area contributed by atoms with Gasteiger partial charge >= 0.3 is 0 Å². The Balaban J connectivity index is 1.93. The lowest BCUT2D eigenvalue weighted by Crippen LogP contribution is -2.48. The van der Waals surface area contributed by atoms with Crippen molar-refractivity contribution in [1.82, 2.24) is 15.3 Å². The van der Waals surface area contributed by atoms with Crippen molar-refractivity contribution in [1.29, 1.82) is 0 Å². The zero-order valence-corrected chi connectivity index (χ0v) is 10.5. The first-order valence-corrected chi connectivity index (χ1v) is 6.04. The molecule has 0 atom stereocenters. The summed E-state index contributed by atoms with van der Waals surface area (Å²) in [5, 5.41) is 3.72. The van der Waals surface area contributed by atoms with Gasteiger partial charge in [-0.05, 0) is 22.0 Å². The monoisotopic (exact) mass is 295 g/mol. The largest absolute Gasteiger partial charge is 0.377 e. The Morgan fingerprint density at radius 2 is 2.41 bits per heavy atom. The predicted octanol–water partition coefficient (Wildman–Crippen LogP) is 1.45. The molecule has 1 saturated heterocycles. The fourth-order valence-electron chi connectivity index (χ4n) is 1.75. The van der Waals surface area contributed by atoms with Crippen molar-refractivity contribution in [3.8, 4) is 0 Å². The minimum atomic E-state index is -0.0931. The van der Waals surface area contributed by atoms with Gasteiger partial charge in [0, 0.05) is 22.3 Å². The Kier molecular flexibility index (Phi) is 2.60. The molecule has 2 N–H and O–H groups in total. The summed E-state index contributed by atoms with van der Waals surface area (Å²) in [5.74, 6) is -0.0931. The Labute approximate surface area is 106 Å². The average molecular weight is 296 g/mol. The van der Waals surface area contributed by atoms with E-state index in [1.807, 2.05) is 6.07 Å². The summed E-state index contributed by atoms with van der Waals surface area (Å²) >= 11 is 3.35. The second-order valence-electron chi connectivity index (χ2n) is 3.96. The van der Waals surface area contributed by atoms with E-state index in [4.69, 9.17) is 4.74 Å². The normalized spacial score (nSPS) is 15.8. The molecule has 0 bridgehead atoms. The van der Waals surface area contributed by atoms with Gasteiger partial charge in [0.15, 0.2) is 0 Å². The van der Waals surface area contributed by atoms with Gasteiger partial charge < -0.3 is 15.0 Å². The number of nitrogens with one attached hydrogen (secondary N) is 2. The van der Waals surface area contributed by atoms with Crippen molar-refractivity contribution in [3.05, 3.63) is 28.5 Å². The molecule has 0 spiro atoms. The van der Waals surface area contributed by atoms with Crippen molar-refractivity contribution in [2.24, 2.45) is 0 Å². The van der Waals surface area contributed by atoms with Gasteiger partial charge in [-0.25, -0.2) is 4.98 Å². The second kappa shape index (κ2) is 4.12. The lowest BCUT2D eigenvalue weighted by atomic mass is 10.2. The maximum Gasteiger partial charge on any atom is 0.253 e. The third-order valence-corrected chi connectivity index (χ3v) is 3.15. The van der Waals surface area contributed by atoms with Crippen molar-refractivity contribution >= 4 is 32.9 Å². The number of fused-ring (bicyclic) bond motifs is 1. The number of halogens is 1. The summed E-state index contributed by atoms with van der Waals surface area (Å²) in [4.78, 5) is 19.2. The number of hydrogen-bond acceptors (Lipinski definition) is 3. The Morgan fingerprint density at radius 3 is 3.12 bits per heavy atom. The molecule has 0 aromatic carbocycles. The van der Waals surface area contributed by atoms with E-state index in [0.717, 1.165) is 9.86 Å². The van der Waals surface area contributed by atoms with Gasteiger partial charge in [-0.1, -0.05) is 0 Å². The van der Waals surface area contributed by atoms with Crippen LogP contribution in [0.5, 0.6) is 0 Å². The molecule has 0 unspecified atom stereocenters. The molecule has 0 radical (unpaired) electrons. The summed E-state index contributed by atoms with van der Waals surface area (Å²) in [6, 6.07) is 2.01. The van der Waals surface area contributed by atoms with E-state index in [9.17, 15) is 4.79 Å². The van der Waals surface area contributed by atoms with E-state index in [2.05, 4.69) is 31.2 Å². The number of carbonyl (C=O) groups is 1. The van der Waals surface area contributed by atoms with Crippen molar-refractivity contribution in [2.75, 3.05) is 13.2 Å². The van der Waals surface area contributed by atoms with Crippen LogP contribution in [0.2, 0.25) is 0 Å². The van der Waals surface area contributed by atoms with Gasteiger partial charge in [-0.3, -0.25) is 4.79 Å². The van der Waals surface area contributed by atoms with Gasteiger partial charge in [-0.2, -0.15) is 0 Å². The third-order valence-electron chi connectivity index (χ3n) is 2.72. The maximum absolute atomic E-state index is 12.0. The molecule has 5 nitrogen and oxygen atoms in total. The van der Waals surface area contributed by atoms with Crippen LogP contribution in [0.1, 0.15) is 10.4 Å². The van der Waals surface area contributed by atoms with Crippen LogP contribution in [-0.4, -0.2) is 35.1 Å². The van der Waals surface area contributed by atoms with Crippen LogP contribution in [0.25, 0.3) is 11.0 Å². The van der Waals surface area contributed by atoms with Gasteiger partial charge in [0.2, 0.25) is 0 Å². The molecule has 2 aromatic rings. The Bertz CT molecular complexity index is 577. The maximum atomic E-state index is 12.0. The summed E-state index contributed by atoms with van der Waals surface area (Å²) in [6.45, 7) is 1.19. The van der Waals surface area contributed by atoms with Gasteiger partial charge in [0.05, 0.1) is 24.8 Å². The first-order valence-electron chi connectivity index (χ1n) is 5.25. The fourth-order valence-corrected chi connectivity index (χ4v) is 2.08. The van der Waals surface area contributed by atoms with Crippen molar-refractivity contribution in [2.45, 2.75) is 6.04 Å². The van der Waals surface area contributed by atoms with Crippen molar-refractivity contribution in [3.63, 3.8) is 0 Å². The summed E-state index contributed by atoms with van der Waals surface area (Å²) in [5.41, 5.74) is 1.32. The van der Waals surface area contributed by atoms with Gasteiger partial charge in [0.1, 0.15) is 5.65 Å². The molecule has 17 heavy (non-hydrogen) atoms. The molecule has 1 fully saturated rings. The van der Waals surface area contributed by atoms with Crippen LogP contribution in [-0.2, 0) is 4.74 Å². The molecule has 1 aliphatic heterocycles. The molecule has 2 aromatic heterocycles. The molecular formula is C11H10BrN3O2. The summed E-state index contributed by atoms with van der Waals surface area (Å²) < 4.78 is 5.87. The molecular weight excluding hydrogens is 286 g/mol. The molecule has 0 saturated carbocycles. The summed E-state index contributed by atoms with van der Waals surface area (Å²) in [7, 11) is 0. The number of carbonyl (C=O) groups excluding carboxylic acids is 1. The number of aromatic nitrogens is 2. The highest BCUT2D eigenvalue weighted by atomic mass is 79.9. The number of pyridine rings is 1. The standard InChI is InChI=1S/C11H10BrN3O2/c12-6-1-8-9(3-14-10(8)13-2-6)11(16)15-7-4-17-5-7/h1-3,7H,4-5H2,(H,13,14)(H,15,16). The lowest BCUT2D eigenvalue weighted by molar-refractivity contribution is -0.00343. The Hall–Kier alpha value is -1.40. The van der Waals surface area contributed by atoms with E-state index in [0.29, 0.717) is 24.4 Å². The quantitative estimate of drug-likeness (QED) is 0.881. The number of ether oxygens (including phenoxy) is 1. The van der Waals surface area contributed by atoms with E-state index < -0.39 is 0 Å². The van der Waals surface area contributed by atoms with Crippen LogP contribution < -0.4 is 5.32 Å². The van der Waals surface area contributed by atoms with Gasteiger partial charge in [-0.15, -0.1) is 0 Å². The van der Waals surface area contributed by atoms with Gasteiger partial charge in [0.25, 0.3) is 5.91 Å². The Morgan fingerprint density at radius 1 is 1.59 bits per heavy atom. The number of nitrogens with zero attached hydrogens (tertiary/aromatic N) is 1. The lowest BCUT2D eigenvalue weighted by Gasteiger charge is -2.26. The molecule has 0 aliphatic carbocycles. The highest BCUT2D eigenvalue weighted by molar-refractivity contribution is 9.10. The zero-order valence-electron chi connectivity index (χ0n) is 8.87. The first kappa shape index (κ1) is 10.7. The first-order chi connectivity index (χ1) is 8.24. The van der Waals surface area contributed by atoms with E-state index in [1.54, 1.807) is 12.4 Å². The van der Waals surface area contributed by atoms with Crippen LogP contribution in [0.4, 0.5) is 0 Å². The molecule has 3 heterocycles. The number of hydrogen-bond donors (Lipinski definition) is 2. The highest BCUT2D eigenvalue weighted by Gasteiger charge is 2.22.